The lowest BCUT2D eigenvalue weighted by molar-refractivity contribution is 0.102. The highest BCUT2D eigenvalue weighted by molar-refractivity contribution is 5.21. The minimum atomic E-state index is 0.317. The molecule has 1 aliphatic heterocycles. The summed E-state index contributed by atoms with van der Waals surface area (Å²) in [5.41, 5.74) is 8.50. The van der Waals surface area contributed by atoms with Crippen LogP contribution >= 0.6 is 0 Å². The third-order valence-electron chi connectivity index (χ3n) is 4.15. The smallest absolute Gasteiger partial charge is 0.0540 e. The van der Waals surface area contributed by atoms with Crippen molar-refractivity contribution in [3.8, 4) is 0 Å². The Morgan fingerprint density at radius 2 is 2.00 bits per heavy atom. The van der Waals surface area contributed by atoms with E-state index in [4.69, 9.17) is 5.73 Å². The molecule has 2 heterocycles. The quantitative estimate of drug-likeness (QED) is 0.840. The van der Waals surface area contributed by atoms with Gasteiger partial charge in [0.15, 0.2) is 0 Å². The lowest BCUT2D eigenvalue weighted by Crippen LogP contribution is -2.48. The van der Waals surface area contributed by atoms with Crippen molar-refractivity contribution in [3.05, 3.63) is 17.5 Å². The molecule has 1 atom stereocenters. The maximum absolute atomic E-state index is 5.99. The van der Waals surface area contributed by atoms with Crippen molar-refractivity contribution in [1.82, 2.24) is 19.6 Å². The van der Waals surface area contributed by atoms with Gasteiger partial charge in [-0.1, -0.05) is 6.92 Å². The van der Waals surface area contributed by atoms with Gasteiger partial charge in [-0.25, -0.2) is 0 Å². The van der Waals surface area contributed by atoms with Gasteiger partial charge in [-0.2, -0.15) is 5.10 Å². The number of rotatable bonds is 4. The molecule has 0 bridgehead atoms. The van der Waals surface area contributed by atoms with E-state index < -0.39 is 0 Å². The number of piperazine rings is 1. The van der Waals surface area contributed by atoms with Gasteiger partial charge in [0.2, 0.25) is 0 Å². The van der Waals surface area contributed by atoms with Gasteiger partial charge in [-0.3, -0.25) is 9.58 Å². The van der Waals surface area contributed by atoms with Crippen LogP contribution in [0.5, 0.6) is 0 Å². The zero-order valence-corrected chi connectivity index (χ0v) is 11.8. The van der Waals surface area contributed by atoms with Gasteiger partial charge in [-0.15, -0.1) is 0 Å². The topological polar surface area (TPSA) is 50.3 Å². The van der Waals surface area contributed by atoms with Gasteiger partial charge >= 0.3 is 0 Å². The van der Waals surface area contributed by atoms with Crippen LogP contribution in [0.15, 0.2) is 6.20 Å². The molecule has 0 spiro atoms. The van der Waals surface area contributed by atoms with Crippen LogP contribution in [0.4, 0.5) is 0 Å². The molecule has 5 heteroatoms. The summed E-state index contributed by atoms with van der Waals surface area (Å²) in [5, 5.41) is 4.33. The molecular formula is C13H25N5. The number of aromatic nitrogens is 2. The van der Waals surface area contributed by atoms with Crippen molar-refractivity contribution in [2.75, 3.05) is 39.3 Å². The Kier molecular flexibility index (Phi) is 4.37. The Hall–Kier alpha value is -0.910. The predicted octanol–water partition coefficient (Wildman–Crippen LogP) is 0.366. The van der Waals surface area contributed by atoms with Crippen LogP contribution in [0.3, 0.4) is 0 Å². The minimum Gasteiger partial charge on any atom is -0.329 e. The number of aryl methyl sites for hydroxylation is 1. The second kappa shape index (κ2) is 5.82. The average molecular weight is 251 g/mol. The van der Waals surface area contributed by atoms with E-state index in [-0.39, 0.29) is 0 Å². The molecule has 1 saturated heterocycles. The third kappa shape index (κ3) is 2.58. The molecule has 0 saturated carbocycles. The van der Waals surface area contributed by atoms with Gasteiger partial charge in [0.05, 0.1) is 12.2 Å². The van der Waals surface area contributed by atoms with Gasteiger partial charge in [0.25, 0.3) is 0 Å². The zero-order chi connectivity index (χ0) is 13.1. The van der Waals surface area contributed by atoms with E-state index in [9.17, 15) is 0 Å². The van der Waals surface area contributed by atoms with Crippen molar-refractivity contribution in [2.24, 2.45) is 12.8 Å². The molecule has 0 aromatic carbocycles. The maximum atomic E-state index is 5.99. The Bertz CT molecular complexity index is 379. The molecule has 18 heavy (non-hydrogen) atoms. The first-order valence-electron chi connectivity index (χ1n) is 6.82. The molecule has 0 radical (unpaired) electrons. The first kappa shape index (κ1) is 13.5. The van der Waals surface area contributed by atoms with Crippen molar-refractivity contribution in [1.29, 1.82) is 0 Å². The first-order chi connectivity index (χ1) is 8.67. The molecule has 1 fully saturated rings. The van der Waals surface area contributed by atoms with E-state index >= 15 is 0 Å². The average Bonchev–Trinajstić information content (AvgIpc) is 2.73. The van der Waals surface area contributed by atoms with Crippen molar-refractivity contribution < 1.29 is 0 Å². The summed E-state index contributed by atoms with van der Waals surface area (Å²) in [5.74, 6) is 0. The number of nitrogens with two attached hydrogens (primary N) is 1. The van der Waals surface area contributed by atoms with Crippen molar-refractivity contribution in [3.63, 3.8) is 0 Å². The third-order valence-corrected chi connectivity index (χ3v) is 4.15. The highest BCUT2D eigenvalue weighted by Gasteiger charge is 2.25. The van der Waals surface area contributed by atoms with Gasteiger partial charge < -0.3 is 10.6 Å². The Balaban J connectivity index is 2.08. The lowest BCUT2D eigenvalue weighted by atomic mass is 10.1. The van der Waals surface area contributed by atoms with Gasteiger partial charge in [0, 0.05) is 51.0 Å². The number of likely N-dealkylation sites (N-methyl/N-ethyl adjacent to an activating group) is 1. The van der Waals surface area contributed by atoms with E-state index in [0.717, 1.165) is 32.7 Å². The molecule has 2 rings (SSSR count). The van der Waals surface area contributed by atoms with E-state index in [1.165, 1.54) is 11.3 Å². The van der Waals surface area contributed by atoms with Crippen LogP contribution in [0.2, 0.25) is 0 Å². The molecule has 2 N–H and O–H groups in total. The fourth-order valence-electron chi connectivity index (χ4n) is 2.71. The number of hydrogen-bond acceptors (Lipinski definition) is 4. The number of nitrogens with zero attached hydrogens (tertiary/aromatic N) is 4. The molecule has 1 unspecified atom stereocenters. The molecule has 5 nitrogen and oxygen atoms in total. The van der Waals surface area contributed by atoms with Crippen molar-refractivity contribution in [2.45, 2.75) is 19.9 Å². The number of hydrogen-bond donors (Lipinski definition) is 1. The summed E-state index contributed by atoms with van der Waals surface area (Å²) in [6.45, 7) is 10.6. The van der Waals surface area contributed by atoms with E-state index in [0.29, 0.717) is 12.6 Å². The van der Waals surface area contributed by atoms with E-state index in [1.54, 1.807) is 0 Å². The summed E-state index contributed by atoms with van der Waals surface area (Å²) < 4.78 is 1.93. The van der Waals surface area contributed by atoms with E-state index in [1.807, 2.05) is 17.9 Å². The summed E-state index contributed by atoms with van der Waals surface area (Å²) in [6.07, 6.45) is 1.97. The van der Waals surface area contributed by atoms with Crippen LogP contribution in [0.1, 0.15) is 24.2 Å². The standard InChI is InChI=1S/C13H25N5/c1-4-17-5-7-18(8-6-17)13(9-14)12-10-15-16(3)11(12)2/h10,13H,4-9,14H2,1-3H3. The summed E-state index contributed by atoms with van der Waals surface area (Å²) in [4.78, 5) is 4.98. The van der Waals surface area contributed by atoms with Crippen LogP contribution in [-0.4, -0.2) is 58.8 Å². The van der Waals surface area contributed by atoms with Crippen molar-refractivity contribution >= 4 is 0 Å². The summed E-state index contributed by atoms with van der Waals surface area (Å²) in [7, 11) is 1.99. The fraction of sp³-hybridized carbons (Fsp3) is 0.769. The van der Waals surface area contributed by atoms with Gasteiger partial charge in [0.1, 0.15) is 0 Å². The van der Waals surface area contributed by atoms with Crippen LogP contribution in [0, 0.1) is 6.92 Å². The Morgan fingerprint density at radius 1 is 1.33 bits per heavy atom. The second-order valence-electron chi connectivity index (χ2n) is 5.03. The minimum absolute atomic E-state index is 0.317. The SMILES string of the molecule is CCN1CCN(C(CN)c2cnn(C)c2C)CC1. The van der Waals surface area contributed by atoms with Crippen LogP contribution in [-0.2, 0) is 7.05 Å². The second-order valence-corrected chi connectivity index (χ2v) is 5.03. The highest BCUT2D eigenvalue weighted by Crippen LogP contribution is 2.23. The first-order valence-corrected chi connectivity index (χ1v) is 6.82. The summed E-state index contributed by atoms with van der Waals surface area (Å²) >= 11 is 0. The Morgan fingerprint density at radius 3 is 2.44 bits per heavy atom. The Labute approximate surface area is 110 Å². The molecular weight excluding hydrogens is 226 g/mol. The lowest BCUT2D eigenvalue weighted by Gasteiger charge is -2.38. The van der Waals surface area contributed by atoms with Gasteiger partial charge in [-0.05, 0) is 13.5 Å². The molecule has 1 aromatic rings. The molecule has 0 aliphatic carbocycles. The molecule has 1 aliphatic rings. The molecule has 0 amide bonds. The largest absolute Gasteiger partial charge is 0.329 e. The summed E-state index contributed by atoms with van der Waals surface area (Å²) in [6, 6.07) is 0.317. The van der Waals surface area contributed by atoms with E-state index in [2.05, 4.69) is 28.7 Å². The molecule has 1 aromatic heterocycles. The monoisotopic (exact) mass is 251 g/mol. The van der Waals surface area contributed by atoms with Crippen LogP contribution in [0.25, 0.3) is 0 Å². The highest BCUT2D eigenvalue weighted by atomic mass is 15.3. The van der Waals surface area contributed by atoms with Crippen LogP contribution < -0.4 is 5.73 Å². The maximum Gasteiger partial charge on any atom is 0.0540 e. The molecule has 102 valence electrons. The predicted molar refractivity (Wildman–Crippen MR) is 73.4 cm³/mol. The fourth-order valence-corrected chi connectivity index (χ4v) is 2.71. The normalized spacial score (nSPS) is 20.2. The zero-order valence-electron chi connectivity index (χ0n) is 11.8.